The van der Waals surface area contributed by atoms with Crippen molar-refractivity contribution in [1.82, 2.24) is 0 Å². The molecule has 3 heterocycles. The highest BCUT2D eigenvalue weighted by Crippen LogP contribution is 2.11. The van der Waals surface area contributed by atoms with Crippen molar-refractivity contribution in [2.75, 3.05) is 0 Å². The molecule has 2 aromatic heterocycles. The summed E-state index contributed by atoms with van der Waals surface area (Å²) in [5, 5.41) is 0. The smallest absolute Gasteiger partial charge is 0.187 e. The minimum atomic E-state index is -0.419. The Morgan fingerprint density at radius 3 is 1.86 bits per heavy atom. The highest BCUT2D eigenvalue weighted by atomic mass is 15.1. The summed E-state index contributed by atoms with van der Waals surface area (Å²) in [7, 11) is 0. The lowest BCUT2D eigenvalue weighted by Gasteiger charge is -2.08. The van der Waals surface area contributed by atoms with Gasteiger partial charge in [0.1, 0.15) is 2.74 Å². The zero-order valence-corrected chi connectivity index (χ0v) is 7.31. The first kappa shape index (κ1) is 3.16. The van der Waals surface area contributed by atoms with Gasteiger partial charge in [0.15, 0.2) is 12.3 Å². The molecule has 0 amide bonds. The lowest BCUT2D eigenvalue weighted by Crippen LogP contribution is -2.52. The van der Waals surface area contributed by atoms with E-state index >= 15 is 0 Å². The van der Waals surface area contributed by atoms with Gasteiger partial charge in [-0.05, 0) is 12.1 Å². The Kier molecular flexibility index (Phi) is 0.656. The van der Waals surface area contributed by atoms with Crippen LogP contribution in [0.4, 0.5) is 0 Å². The third-order valence-corrected chi connectivity index (χ3v) is 2.18. The van der Waals surface area contributed by atoms with E-state index in [1.165, 1.54) is 9.13 Å². The summed E-state index contributed by atoms with van der Waals surface area (Å²) in [6.07, 6.45) is -0.454. The molecule has 2 aromatic rings. The second-order valence-electron chi connectivity index (χ2n) is 2.97. The number of fused-ring (bicyclic) bond motifs is 3. The predicted molar refractivity (Wildman–Crippen MR) is 52.3 cm³/mol. The normalized spacial score (nSPS) is 21.1. The van der Waals surface area contributed by atoms with Gasteiger partial charge in [-0.15, -0.1) is 0 Å². The summed E-state index contributed by atoms with van der Waals surface area (Å²) >= 11 is 0. The molecular weight excluding hydrogens is 172 g/mol. The number of rotatable bonds is 0. The largest absolute Gasteiger partial charge is 0.277 e. The second-order valence-corrected chi connectivity index (χ2v) is 2.97. The van der Waals surface area contributed by atoms with Crippen LogP contribution in [0, 0.1) is 0 Å². The number of hydrogen-bond acceptors (Lipinski definition) is 0. The maximum atomic E-state index is 8.06. The van der Waals surface area contributed by atoms with Crippen LogP contribution < -0.4 is 9.13 Å². The van der Waals surface area contributed by atoms with Gasteiger partial charge in [0.05, 0.1) is 8.22 Å². The van der Waals surface area contributed by atoms with Crippen molar-refractivity contribution in [2.24, 2.45) is 0 Å². The van der Waals surface area contributed by atoms with Crippen molar-refractivity contribution >= 4 is 0 Å². The molecular formula is C12H12N2+2. The average Bonchev–Trinajstić information content (AvgIpc) is 2.52. The third-order valence-electron chi connectivity index (χ3n) is 2.18. The minimum Gasteiger partial charge on any atom is -0.187 e. The van der Waals surface area contributed by atoms with Crippen molar-refractivity contribution in [3.05, 3.63) is 48.6 Å². The fourth-order valence-corrected chi connectivity index (χ4v) is 1.53. The van der Waals surface area contributed by atoms with Crippen LogP contribution in [-0.2, 0) is 13.1 Å². The highest BCUT2D eigenvalue weighted by molar-refractivity contribution is 5.46. The van der Waals surface area contributed by atoms with Gasteiger partial charge in [-0.1, -0.05) is 0 Å². The molecule has 2 nitrogen and oxygen atoms in total. The van der Waals surface area contributed by atoms with E-state index in [1.807, 2.05) is 0 Å². The molecule has 0 spiro atoms. The van der Waals surface area contributed by atoms with E-state index in [0.29, 0.717) is 0 Å². The SMILES string of the molecule is [2H]c1c([2H])c([2H])[n+]2c(c1[2H])-c1c([2H])c([2H])c([2H])c([2H])[n+]1CC2. The van der Waals surface area contributed by atoms with Crippen molar-refractivity contribution in [2.45, 2.75) is 13.1 Å². The molecule has 0 fully saturated rings. The quantitative estimate of drug-likeness (QED) is 0.549. The summed E-state index contributed by atoms with van der Waals surface area (Å²) in [4.78, 5) is 0. The summed E-state index contributed by atoms with van der Waals surface area (Å²) < 4.78 is 65.7. The monoisotopic (exact) mass is 192 g/mol. The minimum absolute atomic E-state index is 0.0873. The first-order valence-corrected chi connectivity index (χ1v) is 4.28. The molecule has 14 heavy (non-hydrogen) atoms. The molecule has 0 unspecified atom stereocenters. The van der Waals surface area contributed by atoms with Crippen LogP contribution >= 0.6 is 0 Å². The topological polar surface area (TPSA) is 7.76 Å². The molecule has 1 aliphatic heterocycles. The molecule has 0 radical (unpaired) electrons. The van der Waals surface area contributed by atoms with E-state index < -0.39 is 12.1 Å². The summed E-state index contributed by atoms with van der Waals surface area (Å²) in [5.41, 5.74) is 0.175. The molecule has 0 aromatic carbocycles. The zero-order chi connectivity index (χ0) is 16.3. The Hall–Kier alpha value is -1.70. The number of nitrogens with zero attached hydrogens (tertiary/aromatic N) is 2. The molecule has 0 bridgehead atoms. The lowest BCUT2D eigenvalue weighted by molar-refractivity contribution is -0.794. The highest BCUT2D eigenvalue weighted by Gasteiger charge is 2.27. The van der Waals surface area contributed by atoms with Crippen LogP contribution in [0.2, 0.25) is 0 Å². The van der Waals surface area contributed by atoms with Gasteiger partial charge in [0.25, 0.3) is 11.4 Å². The van der Waals surface area contributed by atoms with Gasteiger partial charge in [0, 0.05) is 24.2 Å². The van der Waals surface area contributed by atoms with Crippen LogP contribution in [-0.4, -0.2) is 0 Å². The number of hydrogen-bond donors (Lipinski definition) is 0. The Morgan fingerprint density at radius 1 is 0.857 bits per heavy atom. The van der Waals surface area contributed by atoms with Gasteiger partial charge < -0.3 is 0 Å². The molecule has 2 heteroatoms. The number of aromatic nitrogens is 2. The third kappa shape index (κ3) is 1.04. The molecule has 0 aliphatic carbocycles. The molecule has 3 rings (SSSR count). The second kappa shape index (κ2) is 2.91. The van der Waals surface area contributed by atoms with Gasteiger partial charge in [-0.25, -0.2) is 0 Å². The first-order valence-electron chi connectivity index (χ1n) is 8.28. The van der Waals surface area contributed by atoms with Crippen LogP contribution in [0.1, 0.15) is 11.0 Å². The maximum absolute atomic E-state index is 8.06. The van der Waals surface area contributed by atoms with Gasteiger partial charge in [-0.2, -0.15) is 9.13 Å². The van der Waals surface area contributed by atoms with E-state index in [0.717, 1.165) is 0 Å². The Labute approximate surface area is 94.3 Å². The lowest BCUT2D eigenvalue weighted by atomic mass is 10.2. The van der Waals surface area contributed by atoms with E-state index in [9.17, 15) is 0 Å². The molecule has 0 saturated heterocycles. The van der Waals surface area contributed by atoms with E-state index in [2.05, 4.69) is 0 Å². The zero-order valence-electron chi connectivity index (χ0n) is 15.3. The molecule has 0 N–H and O–H groups in total. The maximum Gasteiger partial charge on any atom is 0.277 e. The molecule has 68 valence electrons. The number of pyridine rings is 2. The van der Waals surface area contributed by atoms with Crippen LogP contribution in [0.3, 0.4) is 0 Å². The van der Waals surface area contributed by atoms with E-state index in [1.54, 1.807) is 0 Å². The Bertz CT molecular complexity index is 764. The Balaban J connectivity index is 2.51. The van der Waals surface area contributed by atoms with Gasteiger partial charge in [-0.3, -0.25) is 0 Å². The average molecular weight is 192 g/mol. The molecule has 0 saturated carbocycles. The summed E-state index contributed by atoms with van der Waals surface area (Å²) in [5.74, 6) is 0. The van der Waals surface area contributed by atoms with Gasteiger partial charge in [0.2, 0.25) is 13.1 Å². The van der Waals surface area contributed by atoms with E-state index in [4.69, 9.17) is 11.0 Å². The van der Waals surface area contributed by atoms with Gasteiger partial charge >= 0.3 is 0 Å². The summed E-state index contributed by atoms with van der Waals surface area (Å²) in [6.45, 7) is 0.429. The van der Waals surface area contributed by atoms with Crippen molar-refractivity contribution in [1.29, 1.82) is 0 Å². The predicted octanol–water partition coefficient (Wildman–Crippen LogP) is 0.942. The summed E-state index contributed by atoms with van der Waals surface area (Å²) in [6, 6.07) is -2.17. The van der Waals surface area contributed by atoms with Crippen molar-refractivity contribution in [3.63, 3.8) is 0 Å². The van der Waals surface area contributed by atoms with E-state index in [-0.39, 0.29) is 61.0 Å². The fraction of sp³-hybridized carbons (Fsp3) is 0.167. The van der Waals surface area contributed by atoms with Crippen molar-refractivity contribution in [3.8, 4) is 11.4 Å². The van der Waals surface area contributed by atoms with Crippen LogP contribution in [0.25, 0.3) is 11.4 Å². The van der Waals surface area contributed by atoms with Crippen molar-refractivity contribution < 1.29 is 20.1 Å². The van der Waals surface area contributed by atoms with Crippen LogP contribution in [0.5, 0.6) is 0 Å². The molecule has 0 atom stereocenters. The van der Waals surface area contributed by atoms with Crippen LogP contribution in [0.15, 0.2) is 48.6 Å². The standard InChI is InChI=1S/C12H12N2/c1-3-7-13-9-10-14-8-4-2-6-12(14)11(13)5-1/h1-8H,9-10H2/q+2/i1D,2D,3D,4D,5D,6D,7D,8D. The fourth-order valence-electron chi connectivity index (χ4n) is 1.53. The molecule has 1 aliphatic rings. The Morgan fingerprint density at radius 2 is 1.36 bits per heavy atom. The first-order chi connectivity index (χ1) is 10.3.